The zero-order valence-corrected chi connectivity index (χ0v) is 14.0. The molecule has 3 aliphatic heterocycles. The van der Waals surface area contributed by atoms with E-state index in [0.717, 1.165) is 32.4 Å². The summed E-state index contributed by atoms with van der Waals surface area (Å²) in [5.41, 5.74) is 4.55. The van der Waals surface area contributed by atoms with Crippen LogP contribution in [0.25, 0.3) is 0 Å². The number of hydrogen-bond donors (Lipinski definition) is 3. The summed E-state index contributed by atoms with van der Waals surface area (Å²) in [5.74, 6) is 0.00658. The molecule has 6 heteroatoms. The highest BCUT2D eigenvalue weighted by Crippen LogP contribution is 2.68. The van der Waals surface area contributed by atoms with E-state index < -0.39 is 11.0 Å². The second-order valence-corrected chi connectivity index (χ2v) is 8.79. The Balaban J connectivity index is 1.45. The fraction of sp³-hybridized carbons (Fsp3) is 0.882. The highest BCUT2D eigenvalue weighted by Gasteiger charge is 2.77. The summed E-state index contributed by atoms with van der Waals surface area (Å²) >= 11 is 0. The van der Waals surface area contributed by atoms with E-state index in [0.29, 0.717) is 19.4 Å². The largest absolute Gasteiger partial charge is 0.369 e. The van der Waals surface area contributed by atoms with Gasteiger partial charge in [-0.1, -0.05) is 13.8 Å². The van der Waals surface area contributed by atoms with E-state index in [-0.39, 0.29) is 28.7 Å². The second kappa shape index (κ2) is 4.48. The van der Waals surface area contributed by atoms with Gasteiger partial charge in [0.15, 0.2) is 0 Å². The number of hydrogen-bond acceptors (Lipinski definition) is 4. The van der Waals surface area contributed by atoms with Crippen LogP contribution in [0.3, 0.4) is 0 Å². The Kier molecular flexibility index (Phi) is 3.00. The van der Waals surface area contributed by atoms with Crippen LogP contribution in [0, 0.1) is 16.7 Å². The smallest absolute Gasteiger partial charge is 0.226 e. The molecule has 1 spiro atoms. The summed E-state index contributed by atoms with van der Waals surface area (Å²) in [7, 11) is 0. The van der Waals surface area contributed by atoms with Gasteiger partial charge in [0.2, 0.25) is 11.8 Å². The van der Waals surface area contributed by atoms with E-state index in [9.17, 15) is 9.59 Å². The maximum atomic E-state index is 12.3. The number of amides is 2. The van der Waals surface area contributed by atoms with Gasteiger partial charge in [-0.05, 0) is 50.6 Å². The monoisotopic (exact) mass is 321 g/mol. The molecular formula is C17H27N3O3. The van der Waals surface area contributed by atoms with Gasteiger partial charge in [0.05, 0.1) is 16.6 Å². The molecule has 2 saturated carbocycles. The molecule has 0 radical (unpaired) electrons. The number of primary amides is 1. The van der Waals surface area contributed by atoms with Crippen molar-refractivity contribution in [1.82, 2.24) is 10.6 Å². The zero-order valence-electron chi connectivity index (χ0n) is 14.0. The Bertz CT molecular complexity index is 559. The molecule has 3 saturated heterocycles. The first-order valence-corrected chi connectivity index (χ1v) is 8.73. The average molecular weight is 321 g/mol. The lowest BCUT2D eigenvalue weighted by Gasteiger charge is -2.47. The molecule has 5 fully saturated rings. The summed E-state index contributed by atoms with van der Waals surface area (Å²) in [6, 6.07) is 0. The molecule has 2 amide bonds. The summed E-state index contributed by atoms with van der Waals surface area (Å²) in [4.78, 5) is 24.4. The summed E-state index contributed by atoms with van der Waals surface area (Å²) < 4.78 is 6.46. The Morgan fingerprint density at radius 1 is 1.26 bits per heavy atom. The molecule has 2 bridgehead atoms. The van der Waals surface area contributed by atoms with Crippen LogP contribution in [0.15, 0.2) is 0 Å². The second-order valence-electron chi connectivity index (χ2n) is 8.79. The van der Waals surface area contributed by atoms with Gasteiger partial charge in [-0.2, -0.15) is 0 Å². The Hall–Kier alpha value is -1.14. The molecular weight excluding hydrogens is 294 g/mol. The maximum Gasteiger partial charge on any atom is 0.226 e. The van der Waals surface area contributed by atoms with Crippen molar-refractivity contribution < 1.29 is 14.3 Å². The first kappa shape index (κ1) is 15.4. The molecule has 128 valence electrons. The minimum atomic E-state index is -0.529. The predicted molar refractivity (Wildman–Crippen MR) is 84.4 cm³/mol. The van der Waals surface area contributed by atoms with Crippen molar-refractivity contribution >= 4 is 11.8 Å². The van der Waals surface area contributed by atoms with Crippen molar-refractivity contribution in [1.29, 1.82) is 0 Å². The highest BCUT2D eigenvalue weighted by atomic mass is 16.5. The molecule has 0 unspecified atom stereocenters. The van der Waals surface area contributed by atoms with Crippen LogP contribution >= 0.6 is 0 Å². The van der Waals surface area contributed by atoms with Gasteiger partial charge in [0.1, 0.15) is 0 Å². The van der Waals surface area contributed by atoms with E-state index in [2.05, 4.69) is 24.5 Å². The van der Waals surface area contributed by atoms with Gasteiger partial charge >= 0.3 is 0 Å². The third-order valence-electron chi connectivity index (χ3n) is 6.83. The van der Waals surface area contributed by atoms with Gasteiger partial charge in [0, 0.05) is 12.5 Å². The van der Waals surface area contributed by atoms with E-state index in [1.54, 1.807) is 0 Å². The zero-order chi connectivity index (χ0) is 16.5. The van der Waals surface area contributed by atoms with Crippen LogP contribution < -0.4 is 16.4 Å². The molecule has 3 heterocycles. The van der Waals surface area contributed by atoms with Crippen LogP contribution in [0.1, 0.15) is 46.0 Å². The number of carbonyl (C=O) groups excluding carboxylic acids is 2. The number of ether oxygens (including phenoxy) is 1. The fourth-order valence-corrected chi connectivity index (χ4v) is 5.21. The quantitative estimate of drug-likeness (QED) is 0.694. The normalized spacial score (nSPS) is 42.1. The summed E-state index contributed by atoms with van der Waals surface area (Å²) in [6.45, 7) is 6.45. The number of rotatable bonds is 4. The molecule has 23 heavy (non-hydrogen) atoms. The number of piperidine rings is 1. The van der Waals surface area contributed by atoms with Crippen molar-refractivity contribution in [3.63, 3.8) is 0 Å². The maximum absolute atomic E-state index is 12.3. The van der Waals surface area contributed by atoms with Crippen molar-refractivity contribution in [2.24, 2.45) is 22.5 Å². The standard InChI is InChI=1S/C17H27N3O3/c1-14(2)7-11(14)12(21)20-10-15-8-16(9-15,13(18)22)17(23-15)3-5-19-6-4-17/h11,19H,3-10H2,1-2H3,(H2,18,22)(H,20,21)/t11-,15?,16?/m1/s1. The van der Waals surface area contributed by atoms with E-state index in [1.165, 1.54) is 0 Å². The van der Waals surface area contributed by atoms with Gasteiger partial charge in [0.25, 0.3) is 0 Å². The lowest BCUT2D eigenvalue weighted by Crippen LogP contribution is -2.61. The minimum Gasteiger partial charge on any atom is -0.369 e. The Morgan fingerprint density at radius 3 is 2.39 bits per heavy atom. The minimum absolute atomic E-state index is 0.120. The molecule has 0 aromatic heterocycles. The van der Waals surface area contributed by atoms with E-state index >= 15 is 0 Å². The van der Waals surface area contributed by atoms with Crippen LogP contribution in [-0.4, -0.2) is 42.7 Å². The van der Waals surface area contributed by atoms with Crippen LogP contribution in [0.5, 0.6) is 0 Å². The molecule has 2 aliphatic carbocycles. The molecule has 4 N–H and O–H groups in total. The van der Waals surface area contributed by atoms with Crippen molar-refractivity contribution in [3.8, 4) is 0 Å². The molecule has 5 rings (SSSR count). The third-order valence-corrected chi connectivity index (χ3v) is 6.83. The highest BCUT2D eigenvalue weighted by molar-refractivity contribution is 5.86. The molecule has 0 aromatic rings. The lowest BCUT2D eigenvalue weighted by molar-refractivity contribution is -0.137. The van der Waals surface area contributed by atoms with Crippen molar-refractivity contribution in [2.75, 3.05) is 19.6 Å². The molecule has 0 aromatic carbocycles. The van der Waals surface area contributed by atoms with Gasteiger partial charge in [-0.15, -0.1) is 0 Å². The summed E-state index contributed by atoms with van der Waals surface area (Å²) in [6.07, 6.45) is 3.91. The molecule has 6 nitrogen and oxygen atoms in total. The van der Waals surface area contributed by atoms with Crippen molar-refractivity contribution in [3.05, 3.63) is 0 Å². The first-order valence-electron chi connectivity index (χ1n) is 8.73. The van der Waals surface area contributed by atoms with E-state index in [1.807, 2.05) is 0 Å². The van der Waals surface area contributed by atoms with Gasteiger partial charge in [-0.3, -0.25) is 9.59 Å². The first-order chi connectivity index (χ1) is 10.7. The third kappa shape index (κ3) is 2.00. The van der Waals surface area contributed by atoms with Gasteiger partial charge < -0.3 is 21.1 Å². The van der Waals surface area contributed by atoms with E-state index in [4.69, 9.17) is 10.5 Å². The van der Waals surface area contributed by atoms with Crippen LogP contribution in [0.2, 0.25) is 0 Å². The van der Waals surface area contributed by atoms with Crippen LogP contribution in [-0.2, 0) is 14.3 Å². The van der Waals surface area contributed by atoms with Crippen LogP contribution in [0.4, 0.5) is 0 Å². The van der Waals surface area contributed by atoms with Crippen molar-refractivity contribution in [2.45, 2.75) is 57.2 Å². The van der Waals surface area contributed by atoms with Gasteiger partial charge in [-0.25, -0.2) is 0 Å². The number of carbonyl (C=O) groups is 2. The number of nitrogens with two attached hydrogens (primary N) is 1. The predicted octanol–water partition coefficient (Wildman–Crippen LogP) is 0.305. The average Bonchev–Trinajstić information content (AvgIpc) is 2.90. The Labute approximate surface area is 136 Å². The SMILES string of the molecule is CC1(C)C[C@@H]1C(=O)NCC12CC(C(N)=O)(C1)C1(CCNCC1)O2. The molecule has 1 atom stereocenters. The topological polar surface area (TPSA) is 93.5 Å². The lowest BCUT2D eigenvalue weighted by atomic mass is 9.53. The summed E-state index contributed by atoms with van der Waals surface area (Å²) in [5, 5.41) is 6.39. The Morgan fingerprint density at radius 2 is 1.87 bits per heavy atom. The number of nitrogens with one attached hydrogen (secondary N) is 2. The fourth-order valence-electron chi connectivity index (χ4n) is 5.21. The molecule has 5 aliphatic rings.